The highest BCUT2D eigenvalue weighted by Gasteiger charge is 2.34. The number of nitrogens with zero attached hydrogens (tertiary/aromatic N) is 2. The summed E-state index contributed by atoms with van der Waals surface area (Å²) in [6.45, 7) is 2.32. The van der Waals surface area contributed by atoms with E-state index in [1.165, 1.54) is 19.3 Å². The van der Waals surface area contributed by atoms with Gasteiger partial charge < -0.3 is 15.3 Å². The number of rotatable bonds is 6. The quantitative estimate of drug-likeness (QED) is 0.514. The summed E-state index contributed by atoms with van der Waals surface area (Å²) >= 11 is 0. The molecule has 1 saturated heterocycles. The van der Waals surface area contributed by atoms with Gasteiger partial charge in [-0.1, -0.05) is 25.3 Å². The van der Waals surface area contributed by atoms with Crippen molar-refractivity contribution in [3.05, 3.63) is 23.8 Å². The van der Waals surface area contributed by atoms with Gasteiger partial charge in [-0.2, -0.15) is 10.6 Å². The van der Waals surface area contributed by atoms with Gasteiger partial charge in [-0.25, -0.2) is 0 Å². The molecule has 1 aliphatic carbocycles. The van der Waals surface area contributed by atoms with E-state index in [1.807, 2.05) is 11.9 Å². The molecule has 1 aromatic rings. The summed E-state index contributed by atoms with van der Waals surface area (Å²) in [5.41, 5.74) is 1.11. The van der Waals surface area contributed by atoms with Crippen molar-refractivity contribution in [1.29, 1.82) is 0 Å². The van der Waals surface area contributed by atoms with Gasteiger partial charge in [0.1, 0.15) is 5.75 Å². The van der Waals surface area contributed by atoms with Gasteiger partial charge in [0.05, 0.1) is 23.1 Å². The number of amides is 2. The predicted molar refractivity (Wildman–Crippen MR) is 125 cm³/mol. The third-order valence-electron chi connectivity index (χ3n) is 7.14. The number of hydrogen-bond donors (Lipinski definition) is 4. The smallest absolute Gasteiger partial charge is 0.244 e. The first-order valence-electron chi connectivity index (χ1n) is 11.6. The lowest BCUT2D eigenvalue weighted by Crippen LogP contribution is -2.49. The number of aliphatic hydroxyl groups is 1. The fourth-order valence-electron chi connectivity index (χ4n) is 5.35. The summed E-state index contributed by atoms with van der Waals surface area (Å²) in [5.74, 6) is -0.279. The fraction of sp³-hybridized carbons (Fsp3) is 0.652. The molecular weight excluding hydrogens is 430 g/mol. The van der Waals surface area contributed by atoms with E-state index in [0.29, 0.717) is 23.0 Å². The molecule has 32 heavy (non-hydrogen) atoms. The average Bonchev–Trinajstić information content (AvgIpc) is 3.16. The molecule has 8 nitrogen and oxygen atoms in total. The molecule has 1 aromatic carbocycles. The maximum absolute atomic E-state index is 13.3. The number of nitrogens with one attached hydrogen (secondary N) is 1. The Morgan fingerprint density at radius 1 is 1.25 bits per heavy atom. The van der Waals surface area contributed by atoms with Gasteiger partial charge in [0.25, 0.3) is 0 Å². The maximum atomic E-state index is 13.3. The van der Waals surface area contributed by atoms with Crippen LogP contribution in [0.5, 0.6) is 0 Å². The molecule has 2 heterocycles. The third kappa shape index (κ3) is 5.28. The van der Waals surface area contributed by atoms with Crippen LogP contribution < -0.4 is 5.32 Å². The Bertz CT molecular complexity index is 858. The molecule has 0 radical (unpaired) electrons. The van der Waals surface area contributed by atoms with Crippen LogP contribution >= 0.6 is 10.6 Å². The van der Waals surface area contributed by atoms with Crippen molar-refractivity contribution in [2.45, 2.75) is 62.0 Å². The van der Waals surface area contributed by atoms with Crippen molar-refractivity contribution in [2.24, 2.45) is 5.92 Å². The van der Waals surface area contributed by atoms with E-state index in [-0.39, 0.29) is 30.2 Å². The minimum atomic E-state index is -3.13. The van der Waals surface area contributed by atoms with E-state index in [4.69, 9.17) is 0 Å². The van der Waals surface area contributed by atoms with Crippen LogP contribution in [0.25, 0.3) is 0 Å². The van der Waals surface area contributed by atoms with Gasteiger partial charge in [0.15, 0.2) is 0 Å². The van der Waals surface area contributed by atoms with Gasteiger partial charge in [0, 0.05) is 32.7 Å². The second-order valence-corrected chi connectivity index (χ2v) is 11.6. The summed E-state index contributed by atoms with van der Waals surface area (Å²) in [4.78, 5) is 29.6. The number of likely N-dealkylation sites (N-methyl/N-ethyl adjacent to an activating group) is 1. The lowest BCUT2D eigenvalue weighted by Gasteiger charge is -2.39. The Labute approximate surface area is 191 Å². The molecule has 2 atom stereocenters. The average molecular weight is 466 g/mol. The lowest BCUT2D eigenvalue weighted by molar-refractivity contribution is -0.133. The van der Waals surface area contributed by atoms with E-state index in [9.17, 15) is 23.8 Å². The molecule has 178 valence electrons. The summed E-state index contributed by atoms with van der Waals surface area (Å²) in [5, 5.41) is 12.6. The van der Waals surface area contributed by atoms with Gasteiger partial charge in [0.2, 0.25) is 11.8 Å². The SMILES string of the molecule is CN(C(=O)Cc1ccc2c(c1)NC(=O)CS2(O)O)[C@H](CN1CC[C@H](O)C1)C1CCCCC1. The largest absolute Gasteiger partial charge is 0.392 e. The van der Waals surface area contributed by atoms with E-state index in [2.05, 4.69) is 10.2 Å². The number of hydrogen-bond acceptors (Lipinski definition) is 6. The first-order chi connectivity index (χ1) is 15.2. The molecule has 2 fully saturated rings. The van der Waals surface area contributed by atoms with Crippen molar-refractivity contribution >= 4 is 28.1 Å². The summed E-state index contributed by atoms with van der Waals surface area (Å²) in [6, 6.07) is 5.13. The zero-order chi connectivity index (χ0) is 22.9. The Morgan fingerprint density at radius 2 is 2.00 bits per heavy atom. The minimum absolute atomic E-state index is 0.00834. The highest BCUT2D eigenvalue weighted by Crippen LogP contribution is 2.53. The van der Waals surface area contributed by atoms with Crippen LogP contribution in [0.2, 0.25) is 0 Å². The Morgan fingerprint density at radius 3 is 2.69 bits per heavy atom. The molecule has 4 rings (SSSR count). The second-order valence-electron chi connectivity index (χ2n) is 9.54. The first-order valence-corrected chi connectivity index (χ1v) is 13.3. The number of β-amino-alcohol motifs (C(OH)–C–C–N with tert-alkyl or cyclic N) is 1. The number of fused-ring (bicyclic) bond motifs is 1. The van der Waals surface area contributed by atoms with Crippen molar-refractivity contribution < 1.29 is 23.8 Å². The number of anilines is 1. The molecule has 2 amide bonds. The van der Waals surface area contributed by atoms with Crippen LogP contribution in [0.15, 0.2) is 23.1 Å². The standard InChI is InChI=1S/C23H35N3O5S/c1-25(20(17-5-3-2-4-6-17)14-26-10-9-18(27)13-26)23(29)12-16-7-8-21-19(11-16)24-22(28)15-32(21,30)31/h7-8,11,17-18,20,27,30-31H,2-6,9-10,12-15H2,1H3,(H,24,28)/t18-,20+/m0/s1. The predicted octanol–water partition coefficient (Wildman–Crippen LogP) is 2.76. The topological polar surface area (TPSA) is 113 Å². The summed E-state index contributed by atoms with van der Waals surface area (Å²) in [7, 11) is -1.25. The van der Waals surface area contributed by atoms with Crippen LogP contribution in [0.4, 0.5) is 5.69 Å². The summed E-state index contributed by atoms with van der Waals surface area (Å²) in [6.07, 6.45) is 6.60. The van der Waals surface area contributed by atoms with Gasteiger partial charge in [-0.3, -0.25) is 23.6 Å². The normalized spacial score (nSPS) is 25.6. The molecule has 3 aliphatic rings. The van der Waals surface area contributed by atoms with E-state index in [1.54, 1.807) is 18.2 Å². The van der Waals surface area contributed by atoms with Crippen molar-refractivity contribution in [2.75, 3.05) is 37.8 Å². The Hall–Kier alpha value is -1.65. The third-order valence-corrected chi connectivity index (χ3v) is 8.86. The maximum Gasteiger partial charge on any atom is 0.244 e. The molecule has 0 unspecified atom stereocenters. The van der Waals surface area contributed by atoms with E-state index >= 15 is 0 Å². The molecule has 0 aromatic heterocycles. The van der Waals surface area contributed by atoms with Crippen LogP contribution in [-0.2, 0) is 16.0 Å². The van der Waals surface area contributed by atoms with Crippen LogP contribution in [0.1, 0.15) is 44.1 Å². The summed E-state index contributed by atoms with van der Waals surface area (Å²) < 4.78 is 20.4. The molecule has 9 heteroatoms. The molecule has 0 spiro atoms. The monoisotopic (exact) mass is 465 g/mol. The lowest BCUT2D eigenvalue weighted by atomic mass is 9.83. The second kappa shape index (κ2) is 9.69. The van der Waals surface area contributed by atoms with E-state index in [0.717, 1.165) is 37.9 Å². The number of aliphatic hydroxyl groups excluding tert-OH is 1. The molecule has 4 N–H and O–H groups in total. The van der Waals surface area contributed by atoms with Crippen molar-refractivity contribution in [3.63, 3.8) is 0 Å². The number of carbonyl (C=O) groups excluding carboxylic acids is 2. The molecule has 1 saturated carbocycles. The highest BCUT2D eigenvalue weighted by atomic mass is 32.3. The van der Waals surface area contributed by atoms with Gasteiger partial charge in [-0.15, -0.1) is 0 Å². The van der Waals surface area contributed by atoms with E-state index < -0.39 is 16.5 Å². The fourth-order valence-corrected chi connectivity index (χ4v) is 6.69. The minimum Gasteiger partial charge on any atom is -0.392 e. The van der Waals surface area contributed by atoms with Gasteiger partial charge in [-0.05, 0) is 42.9 Å². The zero-order valence-electron chi connectivity index (χ0n) is 18.7. The van der Waals surface area contributed by atoms with Crippen LogP contribution in [0.3, 0.4) is 0 Å². The van der Waals surface area contributed by atoms with Gasteiger partial charge >= 0.3 is 0 Å². The zero-order valence-corrected chi connectivity index (χ0v) is 19.5. The van der Waals surface area contributed by atoms with Crippen LogP contribution in [-0.4, -0.2) is 80.4 Å². The van der Waals surface area contributed by atoms with Crippen LogP contribution in [0, 0.1) is 5.92 Å². The Balaban J connectivity index is 1.47. The number of benzene rings is 1. The molecular formula is C23H35N3O5S. The first kappa shape index (κ1) is 23.5. The molecule has 2 aliphatic heterocycles. The van der Waals surface area contributed by atoms with Crippen molar-refractivity contribution in [3.8, 4) is 0 Å². The number of likely N-dealkylation sites (tertiary alicyclic amines) is 1. The molecule has 0 bridgehead atoms. The van der Waals surface area contributed by atoms with Crippen molar-refractivity contribution in [1.82, 2.24) is 9.80 Å². The Kier molecular flexibility index (Phi) is 7.11. The number of carbonyl (C=O) groups is 2. The highest BCUT2D eigenvalue weighted by molar-refractivity contribution is 8.25.